The summed E-state index contributed by atoms with van der Waals surface area (Å²) in [5.41, 5.74) is 1.02. The lowest BCUT2D eigenvalue weighted by Crippen LogP contribution is -2.23. The number of hydrogen-bond donors (Lipinski definition) is 0. The van der Waals surface area contributed by atoms with E-state index < -0.39 is 18.4 Å². The Balaban J connectivity index is 1.98. The van der Waals surface area contributed by atoms with Crippen LogP contribution in [0.25, 0.3) is 0 Å². The first kappa shape index (κ1) is 20.4. The van der Waals surface area contributed by atoms with E-state index in [4.69, 9.17) is 9.47 Å². The van der Waals surface area contributed by atoms with Crippen LogP contribution in [0.2, 0.25) is 0 Å². The number of imidazole rings is 1. The van der Waals surface area contributed by atoms with Crippen LogP contribution in [0.1, 0.15) is 35.9 Å². The summed E-state index contributed by atoms with van der Waals surface area (Å²) in [4.78, 5) is 40.0. The molecule has 1 aromatic carbocycles. The molecule has 2 aromatic rings. The third-order valence-electron chi connectivity index (χ3n) is 4.06. The van der Waals surface area contributed by atoms with Gasteiger partial charge in [0.05, 0.1) is 13.2 Å². The molecule has 0 aliphatic rings. The molecule has 0 saturated heterocycles. The van der Waals surface area contributed by atoms with E-state index in [1.54, 1.807) is 30.9 Å². The van der Waals surface area contributed by atoms with Crippen LogP contribution in [0.15, 0.2) is 42.7 Å². The highest BCUT2D eigenvalue weighted by Gasteiger charge is 2.24. The molecule has 144 valence electrons. The second-order valence-corrected chi connectivity index (χ2v) is 6.10. The Labute approximate surface area is 158 Å². The molecule has 0 spiro atoms. The Morgan fingerprint density at radius 3 is 2.44 bits per heavy atom. The first-order chi connectivity index (χ1) is 13.0. The number of ketones is 1. The van der Waals surface area contributed by atoms with Crippen LogP contribution in [0.4, 0.5) is 0 Å². The van der Waals surface area contributed by atoms with Gasteiger partial charge in [0.1, 0.15) is 6.42 Å². The van der Waals surface area contributed by atoms with Gasteiger partial charge in [-0.1, -0.05) is 30.3 Å². The van der Waals surface area contributed by atoms with E-state index in [1.807, 2.05) is 30.3 Å². The Hall–Kier alpha value is -2.96. The fourth-order valence-electron chi connectivity index (χ4n) is 2.71. The molecule has 0 bridgehead atoms. The van der Waals surface area contributed by atoms with Gasteiger partial charge in [-0.05, 0) is 25.3 Å². The van der Waals surface area contributed by atoms with Gasteiger partial charge in [0.15, 0.2) is 5.82 Å². The predicted octanol–water partition coefficient (Wildman–Crippen LogP) is 2.35. The van der Waals surface area contributed by atoms with Crippen LogP contribution < -0.4 is 0 Å². The number of carbonyl (C=O) groups is 3. The smallest absolute Gasteiger partial charge is 0.317 e. The molecule has 7 heteroatoms. The van der Waals surface area contributed by atoms with Crippen LogP contribution in [0.5, 0.6) is 0 Å². The summed E-state index contributed by atoms with van der Waals surface area (Å²) in [6, 6.07) is 9.64. The average Bonchev–Trinajstić information content (AvgIpc) is 3.07. The number of hydrogen-bond acceptors (Lipinski definition) is 6. The second-order valence-electron chi connectivity index (χ2n) is 6.10. The van der Waals surface area contributed by atoms with Crippen LogP contribution >= 0.6 is 0 Å². The molecule has 0 aliphatic heterocycles. The lowest BCUT2D eigenvalue weighted by atomic mass is 9.92. The van der Waals surface area contributed by atoms with Crippen molar-refractivity contribution < 1.29 is 23.9 Å². The summed E-state index contributed by atoms with van der Waals surface area (Å²) in [6.07, 6.45) is 3.72. The van der Waals surface area contributed by atoms with Gasteiger partial charge in [0.25, 0.3) is 0 Å². The van der Waals surface area contributed by atoms with Crippen molar-refractivity contribution in [3.05, 3.63) is 54.1 Å². The van der Waals surface area contributed by atoms with E-state index in [2.05, 4.69) is 4.98 Å². The second kappa shape index (κ2) is 10.3. The van der Waals surface area contributed by atoms with Crippen molar-refractivity contribution in [2.45, 2.75) is 26.2 Å². The van der Waals surface area contributed by atoms with Gasteiger partial charge >= 0.3 is 11.9 Å². The van der Waals surface area contributed by atoms with Crippen LogP contribution in [-0.4, -0.2) is 40.5 Å². The van der Waals surface area contributed by atoms with E-state index in [-0.39, 0.29) is 24.9 Å². The summed E-state index contributed by atoms with van der Waals surface area (Å²) in [6.45, 7) is 1.93. The number of carbonyl (C=O) groups excluding carboxylic acids is 3. The van der Waals surface area contributed by atoms with Crippen LogP contribution in [0, 0.1) is 5.92 Å². The molecule has 1 unspecified atom stereocenters. The number of aryl methyl sites for hydroxylation is 1. The maximum absolute atomic E-state index is 12.9. The first-order valence-electron chi connectivity index (χ1n) is 8.88. The zero-order valence-corrected chi connectivity index (χ0v) is 15.6. The third kappa shape index (κ3) is 6.36. The van der Waals surface area contributed by atoms with E-state index >= 15 is 0 Å². The fraction of sp³-hybridized carbons (Fsp3) is 0.400. The van der Waals surface area contributed by atoms with Crippen molar-refractivity contribution in [1.82, 2.24) is 9.55 Å². The Morgan fingerprint density at radius 1 is 1.11 bits per heavy atom. The molecular formula is C20H24N2O5. The number of ether oxygens (including phenoxy) is 2. The maximum atomic E-state index is 12.9. The van der Waals surface area contributed by atoms with E-state index in [0.717, 1.165) is 5.56 Å². The molecule has 0 amide bonds. The highest BCUT2D eigenvalue weighted by Crippen LogP contribution is 2.18. The molecule has 1 atom stereocenters. The van der Waals surface area contributed by atoms with E-state index in [0.29, 0.717) is 18.7 Å². The molecule has 0 radical (unpaired) electrons. The topological polar surface area (TPSA) is 87.5 Å². The molecule has 0 N–H and O–H groups in total. The lowest BCUT2D eigenvalue weighted by molar-refractivity contribution is -0.154. The number of esters is 2. The standard InChI is InChI=1S/C20H24N2O5/c1-3-26-17(23)14-18(24)27-12-9-16(13-15-7-5-4-6-8-15)19(25)20-21-10-11-22(20)2/h4-8,10-11,16H,3,9,12-14H2,1-2H3. The van der Waals surface area contributed by atoms with Crippen molar-refractivity contribution in [1.29, 1.82) is 0 Å². The number of aromatic nitrogens is 2. The molecular weight excluding hydrogens is 348 g/mol. The van der Waals surface area contributed by atoms with E-state index in [9.17, 15) is 14.4 Å². The Kier molecular flexibility index (Phi) is 7.73. The van der Waals surface area contributed by atoms with Gasteiger partial charge in [-0.25, -0.2) is 4.98 Å². The number of rotatable bonds is 10. The first-order valence-corrected chi connectivity index (χ1v) is 8.88. The third-order valence-corrected chi connectivity index (χ3v) is 4.06. The fourth-order valence-corrected chi connectivity index (χ4v) is 2.71. The summed E-state index contributed by atoms with van der Waals surface area (Å²) in [5.74, 6) is -1.39. The maximum Gasteiger partial charge on any atom is 0.317 e. The van der Waals surface area contributed by atoms with Gasteiger partial charge in [-0.15, -0.1) is 0 Å². The minimum Gasteiger partial charge on any atom is -0.466 e. The van der Waals surface area contributed by atoms with Gasteiger partial charge in [-0.2, -0.15) is 0 Å². The van der Waals surface area contributed by atoms with Gasteiger partial charge in [0.2, 0.25) is 5.78 Å². The minimum absolute atomic E-state index is 0.0475. The van der Waals surface area contributed by atoms with Crippen molar-refractivity contribution in [2.75, 3.05) is 13.2 Å². The van der Waals surface area contributed by atoms with Crippen LogP contribution in [0.3, 0.4) is 0 Å². The minimum atomic E-state index is -0.656. The summed E-state index contributed by atoms with van der Waals surface area (Å²) < 4.78 is 11.5. The normalized spacial score (nSPS) is 11.6. The molecule has 0 fully saturated rings. The van der Waals surface area contributed by atoms with Gasteiger partial charge in [-0.3, -0.25) is 14.4 Å². The monoisotopic (exact) mass is 372 g/mol. The van der Waals surface area contributed by atoms with Crippen molar-refractivity contribution in [2.24, 2.45) is 13.0 Å². The van der Waals surface area contributed by atoms with Gasteiger partial charge < -0.3 is 14.0 Å². The SMILES string of the molecule is CCOC(=O)CC(=O)OCCC(Cc1ccccc1)C(=O)c1nccn1C. The Morgan fingerprint density at radius 2 is 1.81 bits per heavy atom. The number of benzene rings is 1. The Bertz CT molecular complexity index is 770. The average molecular weight is 372 g/mol. The van der Waals surface area contributed by atoms with Crippen LogP contribution in [-0.2, 0) is 32.5 Å². The molecule has 7 nitrogen and oxygen atoms in total. The summed E-state index contributed by atoms with van der Waals surface area (Å²) in [5, 5.41) is 0. The summed E-state index contributed by atoms with van der Waals surface area (Å²) in [7, 11) is 1.76. The quantitative estimate of drug-likeness (QED) is 0.361. The highest BCUT2D eigenvalue weighted by molar-refractivity contribution is 5.95. The predicted molar refractivity (Wildman–Crippen MR) is 98.0 cm³/mol. The molecule has 1 aromatic heterocycles. The lowest BCUT2D eigenvalue weighted by Gasteiger charge is -2.16. The summed E-state index contributed by atoms with van der Waals surface area (Å²) >= 11 is 0. The number of Topliss-reactive ketones (excluding diaryl/α,β-unsaturated/α-hetero) is 1. The molecule has 2 rings (SSSR count). The zero-order chi connectivity index (χ0) is 19.6. The molecule has 27 heavy (non-hydrogen) atoms. The largest absolute Gasteiger partial charge is 0.466 e. The highest BCUT2D eigenvalue weighted by atomic mass is 16.6. The molecule has 0 aliphatic carbocycles. The number of nitrogens with zero attached hydrogens (tertiary/aromatic N) is 2. The molecule has 0 saturated carbocycles. The van der Waals surface area contributed by atoms with Crippen molar-refractivity contribution in [3.63, 3.8) is 0 Å². The van der Waals surface area contributed by atoms with Crippen molar-refractivity contribution in [3.8, 4) is 0 Å². The zero-order valence-electron chi connectivity index (χ0n) is 15.6. The van der Waals surface area contributed by atoms with Gasteiger partial charge in [0, 0.05) is 25.4 Å². The van der Waals surface area contributed by atoms with E-state index in [1.165, 1.54) is 0 Å². The van der Waals surface area contributed by atoms with Crippen molar-refractivity contribution >= 4 is 17.7 Å². The molecule has 1 heterocycles.